The Hall–Kier alpha value is -2.61. The summed E-state index contributed by atoms with van der Waals surface area (Å²) in [7, 11) is 4.31. The maximum Gasteiger partial charge on any atom is 0.337 e. The largest absolute Gasteiger partial charge is 0.467 e. The SMILES string of the molecule is COC(=O)c1ccc(NC[C@H]2CNC(=O)C(C(=O)OC)N2C)cc1. The molecule has 1 fully saturated rings. The molecule has 0 bridgehead atoms. The van der Waals surface area contributed by atoms with Crippen LogP contribution in [0.25, 0.3) is 0 Å². The van der Waals surface area contributed by atoms with Gasteiger partial charge in [0.05, 0.1) is 19.8 Å². The topological polar surface area (TPSA) is 97.0 Å². The molecule has 1 heterocycles. The summed E-state index contributed by atoms with van der Waals surface area (Å²) in [4.78, 5) is 36.7. The first-order valence-corrected chi connectivity index (χ1v) is 7.47. The molecule has 0 aromatic heterocycles. The van der Waals surface area contributed by atoms with Crippen molar-refractivity contribution in [2.45, 2.75) is 12.1 Å². The van der Waals surface area contributed by atoms with Gasteiger partial charge in [-0.15, -0.1) is 0 Å². The van der Waals surface area contributed by atoms with Gasteiger partial charge in [-0.25, -0.2) is 9.59 Å². The lowest BCUT2D eigenvalue weighted by Gasteiger charge is -2.37. The van der Waals surface area contributed by atoms with Crippen LogP contribution in [0.4, 0.5) is 5.69 Å². The average molecular weight is 335 g/mol. The Bertz CT molecular complexity index is 609. The van der Waals surface area contributed by atoms with Crippen LogP contribution in [0.5, 0.6) is 0 Å². The second-order valence-corrected chi connectivity index (χ2v) is 5.44. The third kappa shape index (κ3) is 3.83. The highest BCUT2D eigenvalue weighted by Crippen LogP contribution is 2.14. The van der Waals surface area contributed by atoms with Crippen molar-refractivity contribution in [3.05, 3.63) is 29.8 Å². The number of nitrogens with zero attached hydrogens (tertiary/aromatic N) is 1. The Kier molecular flexibility index (Phi) is 5.75. The maximum atomic E-state index is 11.8. The first-order chi connectivity index (χ1) is 11.5. The van der Waals surface area contributed by atoms with Gasteiger partial charge in [0.2, 0.25) is 5.91 Å². The molecule has 1 aromatic carbocycles. The van der Waals surface area contributed by atoms with E-state index in [1.165, 1.54) is 14.2 Å². The molecular weight excluding hydrogens is 314 g/mol. The smallest absolute Gasteiger partial charge is 0.337 e. The van der Waals surface area contributed by atoms with Gasteiger partial charge in [-0.1, -0.05) is 0 Å². The van der Waals surface area contributed by atoms with Crippen molar-refractivity contribution in [3.8, 4) is 0 Å². The van der Waals surface area contributed by atoms with Gasteiger partial charge >= 0.3 is 11.9 Å². The lowest BCUT2D eigenvalue weighted by atomic mass is 10.1. The molecule has 1 saturated heterocycles. The predicted octanol–water partition coefficient (Wildman–Crippen LogP) is -0.143. The van der Waals surface area contributed by atoms with E-state index < -0.39 is 18.0 Å². The van der Waals surface area contributed by atoms with Crippen LogP contribution in [0, 0.1) is 0 Å². The fraction of sp³-hybridized carbons (Fsp3) is 0.438. The molecule has 0 saturated carbocycles. The van der Waals surface area contributed by atoms with E-state index >= 15 is 0 Å². The maximum absolute atomic E-state index is 11.8. The number of carbonyl (C=O) groups is 3. The zero-order valence-electron chi connectivity index (χ0n) is 13.9. The second kappa shape index (κ2) is 7.78. The Morgan fingerprint density at radius 3 is 2.50 bits per heavy atom. The van der Waals surface area contributed by atoms with E-state index in [9.17, 15) is 14.4 Å². The molecule has 2 atom stereocenters. The molecule has 0 aliphatic carbocycles. The molecule has 2 rings (SSSR count). The van der Waals surface area contributed by atoms with Gasteiger partial charge in [0.15, 0.2) is 6.04 Å². The Morgan fingerprint density at radius 1 is 1.25 bits per heavy atom. The second-order valence-electron chi connectivity index (χ2n) is 5.44. The fourth-order valence-corrected chi connectivity index (χ4v) is 2.53. The van der Waals surface area contributed by atoms with Crippen LogP contribution < -0.4 is 10.6 Å². The third-order valence-corrected chi connectivity index (χ3v) is 4.02. The summed E-state index contributed by atoms with van der Waals surface area (Å²) in [6.45, 7) is 0.942. The molecule has 1 unspecified atom stereocenters. The number of piperazine rings is 1. The average Bonchev–Trinajstić information content (AvgIpc) is 2.60. The molecule has 1 aliphatic rings. The van der Waals surface area contributed by atoms with Gasteiger partial charge in [-0.2, -0.15) is 0 Å². The van der Waals surface area contributed by atoms with Crippen LogP contribution in [0.3, 0.4) is 0 Å². The van der Waals surface area contributed by atoms with Gasteiger partial charge in [0, 0.05) is 24.8 Å². The van der Waals surface area contributed by atoms with Crippen molar-refractivity contribution in [1.82, 2.24) is 10.2 Å². The van der Waals surface area contributed by atoms with E-state index in [0.29, 0.717) is 18.7 Å². The number of amides is 1. The zero-order chi connectivity index (χ0) is 17.7. The van der Waals surface area contributed by atoms with Crippen molar-refractivity contribution < 1.29 is 23.9 Å². The summed E-state index contributed by atoms with van der Waals surface area (Å²) in [6, 6.07) is 5.84. The highest BCUT2D eigenvalue weighted by Gasteiger charge is 2.39. The van der Waals surface area contributed by atoms with Gasteiger partial charge in [0.25, 0.3) is 0 Å². The van der Waals surface area contributed by atoms with E-state index in [1.54, 1.807) is 36.2 Å². The first-order valence-electron chi connectivity index (χ1n) is 7.47. The lowest BCUT2D eigenvalue weighted by Crippen LogP contribution is -2.63. The number of esters is 2. The van der Waals surface area contributed by atoms with E-state index in [0.717, 1.165) is 5.69 Å². The molecule has 8 heteroatoms. The number of anilines is 1. The number of ether oxygens (including phenoxy) is 2. The van der Waals surface area contributed by atoms with Crippen molar-refractivity contribution in [1.29, 1.82) is 0 Å². The molecule has 1 aliphatic heterocycles. The van der Waals surface area contributed by atoms with Crippen LogP contribution in [-0.4, -0.2) is 69.2 Å². The normalized spacial score (nSPS) is 20.9. The molecule has 0 radical (unpaired) electrons. The minimum absolute atomic E-state index is 0.0768. The van der Waals surface area contributed by atoms with Crippen molar-refractivity contribution >= 4 is 23.5 Å². The number of methoxy groups -OCH3 is 2. The van der Waals surface area contributed by atoms with E-state index in [-0.39, 0.29) is 11.9 Å². The van der Waals surface area contributed by atoms with E-state index in [4.69, 9.17) is 0 Å². The number of rotatable bonds is 5. The van der Waals surface area contributed by atoms with Gasteiger partial charge in [-0.05, 0) is 31.3 Å². The minimum Gasteiger partial charge on any atom is -0.467 e. The van der Waals surface area contributed by atoms with Gasteiger partial charge in [0.1, 0.15) is 0 Å². The number of carbonyl (C=O) groups excluding carboxylic acids is 3. The summed E-state index contributed by atoms with van der Waals surface area (Å²) >= 11 is 0. The Balaban J connectivity index is 1.97. The minimum atomic E-state index is -0.947. The van der Waals surface area contributed by atoms with Crippen LogP contribution in [0.15, 0.2) is 24.3 Å². The molecule has 1 amide bonds. The lowest BCUT2D eigenvalue weighted by molar-refractivity contribution is -0.154. The van der Waals surface area contributed by atoms with E-state index in [2.05, 4.69) is 20.1 Å². The number of nitrogens with one attached hydrogen (secondary N) is 2. The molecule has 8 nitrogen and oxygen atoms in total. The van der Waals surface area contributed by atoms with Gasteiger partial charge < -0.3 is 20.1 Å². The van der Waals surface area contributed by atoms with E-state index in [1.807, 2.05) is 0 Å². The molecule has 0 spiro atoms. The number of hydrogen-bond donors (Lipinski definition) is 2. The molecule has 1 aromatic rings. The van der Waals surface area contributed by atoms with Crippen LogP contribution in [0.2, 0.25) is 0 Å². The summed E-state index contributed by atoms with van der Waals surface area (Å²) < 4.78 is 9.33. The summed E-state index contributed by atoms with van der Waals surface area (Å²) in [5, 5.41) is 5.94. The summed E-state index contributed by atoms with van der Waals surface area (Å²) in [5.74, 6) is -1.33. The predicted molar refractivity (Wildman–Crippen MR) is 86.6 cm³/mol. The van der Waals surface area contributed by atoms with Crippen LogP contribution in [0.1, 0.15) is 10.4 Å². The quantitative estimate of drug-likeness (QED) is 0.571. The molecular formula is C16H21N3O5. The standard InChI is InChI=1S/C16H21N3O5/c1-19-12(9-18-14(20)13(19)16(22)24-3)8-17-11-6-4-10(5-7-11)15(21)23-2/h4-7,12-13,17H,8-9H2,1-3H3,(H,18,20)/t12-,13?/m0/s1. The first kappa shape index (κ1) is 17.7. The number of hydrogen-bond acceptors (Lipinski definition) is 7. The highest BCUT2D eigenvalue weighted by molar-refractivity contribution is 6.02. The van der Waals surface area contributed by atoms with Gasteiger partial charge in [-0.3, -0.25) is 9.69 Å². The third-order valence-electron chi connectivity index (χ3n) is 4.02. The Morgan fingerprint density at radius 2 is 1.92 bits per heavy atom. The summed E-state index contributed by atoms with van der Waals surface area (Å²) in [5.41, 5.74) is 1.29. The zero-order valence-corrected chi connectivity index (χ0v) is 13.9. The van der Waals surface area contributed by atoms with Crippen LogP contribution >= 0.6 is 0 Å². The van der Waals surface area contributed by atoms with Crippen molar-refractivity contribution in [3.63, 3.8) is 0 Å². The van der Waals surface area contributed by atoms with Crippen molar-refractivity contribution in [2.75, 3.05) is 39.7 Å². The summed E-state index contributed by atoms with van der Waals surface area (Å²) in [6.07, 6.45) is 0. The molecule has 2 N–H and O–H groups in total. The van der Waals surface area contributed by atoms with Crippen LogP contribution in [-0.2, 0) is 19.1 Å². The Labute approximate surface area is 140 Å². The monoisotopic (exact) mass is 335 g/mol. The van der Waals surface area contributed by atoms with Crippen molar-refractivity contribution in [2.24, 2.45) is 0 Å². The number of likely N-dealkylation sites (N-methyl/N-ethyl adjacent to an activating group) is 1. The highest BCUT2D eigenvalue weighted by atomic mass is 16.5. The molecule has 24 heavy (non-hydrogen) atoms. The molecule has 130 valence electrons. The number of benzene rings is 1. The fourth-order valence-electron chi connectivity index (χ4n) is 2.53.